The first-order valence-electron chi connectivity index (χ1n) is 12.3. The van der Waals surface area contributed by atoms with Crippen molar-refractivity contribution in [3.05, 3.63) is 60.6 Å². The number of rotatable bonds is 11. The van der Waals surface area contributed by atoms with Gasteiger partial charge in [-0.05, 0) is 49.6 Å². The molecule has 1 aliphatic rings. The van der Waals surface area contributed by atoms with Crippen molar-refractivity contribution < 1.29 is 29.0 Å². The molecule has 2 amide bonds. The van der Waals surface area contributed by atoms with Crippen LogP contribution in [0.1, 0.15) is 53.9 Å². The van der Waals surface area contributed by atoms with Crippen molar-refractivity contribution in [2.24, 2.45) is 11.3 Å². The summed E-state index contributed by atoms with van der Waals surface area (Å²) in [6.45, 7) is 9.37. The first kappa shape index (κ1) is 31.5. The van der Waals surface area contributed by atoms with Crippen LogP contribution in [-0.4, -0.2) is 48.2 Å². The Kier molecular flexibility index (Phi) is 13.8. The van der Waals surface area contributed by atoms with Gasteiger partial charge in [0.15, 0.2) is 5.76 Å². The van der Waals surface area contributed by atoms with Crippen LogP contribution in [-0.2, 0) is 23.9 Å². The fourth-order valence-corrected chi connectivity index (χ4v) is 3.28. The summed E-state index contributed by atoms with van der Waals surface area (Å²) in [5.74, 6) is 4.46. The quantitative estimate of drug-likeness (QED) is 0.169. The minimum Gasteiger partial charge on any atom is -0.490 e. The van der Waals surface area contributed by atoms with E-state index in [1.54, 1.807) is 18.2 Å². The zero-order valence-corrected chi connectivity index (χ0v) is 22.6. The van der Waals surface area contributed by atoms with Gasteiger partial charge in [-0.1, -0.05) is 63.8 Å². The molecule has 0 saturated carbocycles. The van der Waals surface area contributed by atoms with Crippen LogP contribution in [0.4, 0.5) is 0 Å². The van der Waals surface area contributed by atoms with Crippen LogP contribution in [0, 0.1) is 23.2 Å². The maximum Gasteiger partial charge on any atom is 0.373 e. The minimum absolute atomic E-state index is 0.0447. The Morgan fingerprint density at radius 3 is 2.54 bits per heavy atom. The van der Waals surface area contributed by atoms with Crippen molar-refractivity contribution in [1.29, 1.82) is 0 Å². The second kappa shape index (κ2) is 16.2. The Hall–Kier alpha value is -3.57. The lowest BCUT2D eigenvalue weighted by Gasteiger charge is -2.29. The van der Waals surface area contributed by atoms with E-state index in [0.29, 0.717) is 19.3 Å². The number of aliphatic hydroxyl groups excluding tert-OH is 1. The fourth-order valence-electron chi connectivity index (χ4n) is 3.28. The molecule has 0 spiro atoms. The molecular formula is C29H40N2O6. The number of amides is 2. The maximum atomic E-state index is 12.7. The summed E-state index contributed by atoms with van der Waals surface area (Å²) in [4.78, 5) is 36.8. The molecule has 37 heavy (non-hydrogen) atoms. The van der Waals surface area contributed by atoms with E-state index in [4.69, 9.17) is 9.47 Å². The Morgan fingerprint density at radius 2 is 1.92 bits per heavy atom. The number of aliphatic hydroxyl groups is 1. The van der Waals surface area contributed by atoms with E-state index >= 15 is 0 Å². The van der Waals surface area contributed by atoms with Gasteiger partial charge >= 0.3 is 5.97 Å². The van der Waals surface area contributed by atoms with Gasteiger partial charge in [-0.3, -0.25) is 9.59 Å². The summed E-state index contributed by atoms with van der Waals surface area (Å²) in [5, 5.41) is 15.2. The van der Waals surface area contributed by atoms with Crippen molar-refractivity contribution in [3.63, 3.8) is 0 Å². The van der Waals surface area contributed by atoms with Crippen LogP contribution in [0.15, 0.2) is 60.6 Å². The van der Waals surface area contributed by atoms with Gasteiger partial charge in [0.05, 0.1) is 13.2 Å². The summed E-state index contributed by atoms with van der Waals surface area (Å²) in [7, 11) is 1.43. The molecule has 0 radical (unpaired) electrons. The van der Waals surface area contributed by atoms with Crippen LogP contribution in [0.2, 0.25) is 0 Å². The molecule has 0 unspecified atom stereocenters. The first-order chi connectivity index (χ1) is 17.5. The third kappa shape index (κ3) is 12.3. The van der Waals surface area contributed by atoms with Crippen LogP contribution in [0.25, 0.3) is 0 Å². The van der Waals surface area contributed by atoms with Crippen molar-refractivity contribution in [1.82, 2.24) is 10.6 Å². The van der Waals surface area contributed by atoms with Gasteiger partial charge < -0.3 is 25.2 Å². The molecule has 0 aliphatic carbocycles. The highest BCUT2D eigenvalue weighted by Crippen LogP contribution is 2.21. The number of cyclic esters (lactones) is 1. The SMILES string of the molecule is C/C=C\C[C@H](O)C/C=C\NC(=O)[C@@H](NC(=O)/C=C/C#C/C=C\[C@H](C)[C@@H]1CC=C(OC)C(=O)O1)C(C)(C)C. The number of esters is 1. The Labute approximate surface area is 220 Å². The van der Waals surface area contributed by atoms with Crippen molar-refractivity contribution >= 4 is 17.8 Å². The van der Waals surface area contributed by atoms with Crippen LogP contribution >= 0.6 is 0 Å². The molecule has 8 heteroatoms. The van der Waals surface area contributed by atoms with Gasteiger partial charge in [-0.2, -0.15) is 0 Å². The number of carbonyl (C=O) groups is 3. The van der Waals surface area contributed by atoms with Gasteiger partial charge in [-0.25, -0.2) is 4.79 Å². The lowest BCUT2D eigenvalue weighted by Crippen LogP contribution is -2.52. The molecule has 0 bridgehead atoms. The zero-order valence-electron chi connectivity index (χ0n) is 22.6. The van der Waals surface area contributed by atoms with E-state index in [1.807, 2.05) is 52.8 Å². The second-order valence-corrected chi connectivity index (χ2v) is 9.71. The molecule has 3 N–H and O–H groups in total. The first-order valence-corrected chi connectivity index (χ1v) is 12.3. The molecule has 0 aromatic rings. The van der Waals surface area contributed by atoms with Crippen LogP contribution in [0.3, 0.4) is 0 Å². The van der Waals surface area contributed by atoms with Gasteiger partial charge in [0.1, 0.15) is 12.1 Å². The topological polar surface area (TPSA) is 114 Å². The molecule has 0 saturated heterocycles. The van der Waals surface area contributed by atoms with E-state index in [0.717, 1.165) is 0 Å². The molecule has 202 valence electrons. The smallest absolute Gasteiger partial charge is 0.373 e. The Bertz CT molecular complexity index is 988. The molecule has 1 aliphatic heterocycles. The van der Waals surface area contributed by atoms with E-state index in [1.165, 1.54) is 25.5 Å². The summed E-state index contributed by atoms with van der Waals surface area (Å²) in [6, 6.07) is -0.776. The molecule has 0 fully saturated rings. The van der Waals surface area contributed by atoms with Gasteiger partial charge in [-0.15, -0.1) is 0 Å². The Morgan fingerprint density at radius 1 is 1.24 bits per heavy atom. The van der Waals surface area contributed by atoms with Crippen molar-refractivity contribution in [2.45, 2.75) is 72.1 Å². The van der Waals surface area contributed by atoms with E-state index in [9.17, 15) is 19.5 Å². The normalized spacial score (nSPS) is 18.7. The van der Waals surface area contributed by atoms with Crippen molar-refractivity contribution in [3.8, 4) is 11.8 Å². The highest BCUT2D eigenvalue weighted by atomic mass is 16.6. The average Bonchev–Trinajstić information content (AvgIpc) is 2.84. The predicted octanol–water partition coefficient (Wildman–Crippen LogP) is 3.46. The predicted molar refractivity (Wildman–Crippen MR) is 144 cm³/mol. The number of ether oxygens (including phenoxy) is 2. The number of methoxy groups -OCH3 is 1. The number of hydrogen-bond donors (Lipinski definition) is 3. The summed E-state index contributed by atoms with van der Waals surface area (Å²) < 4.78 is 10.3. The van der Waals surface area contributed by atoms with E-state index in [-0.39, 0.29) is 23.7 Å². The third-order valence-electron chi connectivity index (χ3n) is 5.50. The minimum atomic E-state index is -0.776. The second-order valence-electron chi connectivity index (χ2n) is 9.71. The Balaban J connectivity index is 2.59. The highest BCUT2D eigenvalue weighted by Gasteiger charge is 2.32. The number of allylic oxidation sites excluding steroid dienone is 3. The maximum absolute atomic E-state index is 12.7. The summed E-state index contributed by atoms with van der Waals surface area (Å²) in [5.41, 5.74) is -0.529. The lowest BCUT2D eigenvalue weighted by molar-refractivity contribution is -0.151. The van der Waals surface area contributed by atoms with E-state index < -0.39 is 29.4 Å². The van der Waals surface area contributed by atoms with Gasteiger partial charge in [0, 0.05) is 18.4 Å². The van der Waals surface area contributed by atoms with Crippen molar-refractivity contribution in [2.75, 3.05) is 7.11 Å². The molecule has 1 rings (SSSR count). The largest absolute Gasteiger partial charge is 0.490 e. The average molecular weight is 513 g/mol. The third-order valence-corrected chi connectivity index (χ3v) is 5.50. The lowest BCUT2D eigenvalue weighted by atomic mass is 9.86. The van der Waals surface area contributed by atoms with E-state index in [2.05, 4.69) is 22.5 Å². The monoisotopic (exact) mass is 512 g/mol. The van der Waals surface area contributed by atoms with Crippen LogP contribution < -0.4 is 10.6 Å². The molecular weight excluding hydrogens is 472 g/mol. The fraction of sp³-hybridized carbons (Fsp3) is 0.483. The molecule has 4 atom stereocenters. The summed E-state index contributed by atoms with van der Waals surface area (Å²) in [6.07, 6.45) is 15.5. The number of hydrogen-bond acceptors (Lipinski definition) is 6. The molecule has 1 heterocycles. The highest BCUT2D eigenvalue weighted by molar-refractivity contribution is 5.93. The standard InChI is InChI=1S/C29H40N2O6/c1-7-8-15-22(32)16-13-20-30-27(34)26(29(3,4)5)31-25(33)17-12-10-9-11-14-21(2)23-18-19-24(36-6)28(35)37-23/h7-8,11-14,17,19-23,26,32H,15-16,18H2,1-6H3,(H,30,34)(H,31,33)/b8-7-,14-11-,17-12+,20-13-/t21-,22-,23-,26+/m0/s1. The van der Waals surface area contributed by atoms with Crippen LogP contribution in [0.5, 0.6) is 0 Å². The molecule has 0 aromatic carbocycles. The summed E-state index contributed by atoms with van der Waals surface area (Å²) >= 11 is 0. The number of nitrogens with one attached hydrogen (secondary N) is 2. The van der Waals surface area contributed by atoms with Gasteiger partial charge in [0.2, 0.25) is 11.8 Å². The van der Waals surface area contributed by atoms with Gasteiger partial charge in [0.25, 0.3) is 0 Å². The number of carbonyl (C=O) groups excluding carboxylic acids is 3. The molecule has 8 nitrogen and oxygen atoms in total. The molecule has 0 aromatic heterocycles. The zero-order chi connectivity index (χ0) is 27.8.